The summed E-state index contributed by atoms with van der Waals surface area (Å²) in [5, 5.41) is 14.1. The topological polar surface area (TPSA) is 86.0 Å². The number of hydrogen-bond donors (Lipinski definition) is 2. The van der Waals surface area contributed by atoms with E-state index in [0.29, 0.717) is 17.9 Å². The van der Waals surface area contributed by atoms with E-state index in [1.165, 1.54) is 13.2 Å². The second kappa shape index (κ2) is 9.64. The number of carbonyl (C=O) groups is 1. The molecule has 2 aromatic heterocycles. The highest BCUT2D eigenvalue weighted by Gasteiger charge is 2.46. The van der Waals surface area contributed by atoms with Gasteiger partial charge in [-0.1, -0.05) is 36.4 Å². The van der Waals surface area contributed by atoms with Gasteiger partial charge in [0.05, 0.1) is 19.7 Å². The maximum atomic E-state index is 14.0. The smallest absolute Gasteiger partial charge is 0.410 e. The summed E-state index contributed by atoms with van der Waals surface area (Å²) < 4.78 is 49.7. The second-order valence-corrected chi connectivity index (χ2v) is 8.91. The largest absolute Gasteiger partial charge is 0.497 e. The van der Waals surface area contributed by atoms with Gasteiger partial charge in [0, 0.05) is 24.8 Å². The first-order valence-corrected chi connectivity index (χ1v) is 11.7. The van der Waals surface area contributed by atoms with Crippen molar-refractivity contribution in [2.45, 2.75) is 38.1 Å². The van der Waals surface area contributed by atoms with Crippen molar-refractivity contribution in [3.8, 4) is 5.75 Å². The van der Waals surface area contributed by atoms with E-state index < -0.39 is 24.2 Å². The van der Waals surface area contributed by atoms with Gasteiger partial charge in [-0.2, -0.15) is 23.4 Å². The minimum atomic E-state index is -4.55. The molecule has 0 radical (unpaired) electrons. The first kappa shape index (κ1) is 24.4. The summed E-state index contributed by atoms with van der Waals surface area (Å²) in [4.78, 5) is 12.9. The third-order valence-corrected chi connectivity index (χ3v) is 6.39. The number of halogens is 3. The van der Waals surface area contributed by atoms with Crippen molar-refractivity contribution in [2.75, 3.05) is 17.7 Å². The number of fused-ring (bicyclic) bond motifs is 1. The highest BCUT2D eigenvalue weighted by Crippen LogP contribution is 2.44. The van der Waals surface area contributed by atoms with Gasteiger partial charge in [-0.15, -0.1) is 0 Å². The summed E-state index contributed by atoms with van der Waals surface area (Å²) in [6.07, 6.45) is -3.11. The van der Waals surface area contributed by atoms with Crippen LogP contribution in [0.5, 0.6) is 5.75 Å². The molecule has 2 N–H and O–H groups in total. The number of benzene rings is 2. The van der Waals surface area contributed by atoms with Gasteiger partial charge >= 0.3 is 6.18 Å². The maximum absolute atomic E-state index is 14.0. The average Bonchev–Trinajstić information content (AvgIpc) is 3.51. The second-order valence-electron chi connectivity index (χ2n) is 8.91. The lowest BCUT2D eigenvalue weighted by Crippen LogP contribution is -2.35. The van der Waals surface area contributed by atoms with Gasteiger partial charge in [0.2, 0.25) is 0 Å². The van der Waals surface area contributed by atoms with E-state index in [-0.39, 0.29) is 23.8 Å². The fraction of sp³-hybridized carbons (Fsp3) is 0.269. The number of hydrogen-bond acceptors (Lipinski definition) is 5. The van der Waals surface area contributed by atoms with Crippen LogP contribution in [-0.2, 0) is 6.54 Å². The van der Waals surface area contributed by atoms with E-state index in [1.54, 1.807) is 41.2 Å². The predicted octanol–water partition coefficient (Wildman–Crippen LogP) is 5.36. The van der Waals surface area contributed by atoms with Crippen LogP contribution in [-0.4, -0.2) is 38.8 Å². The molecule has 0 aliphatic carbocycles. The minimum absolute atomic E-state index is 0.108. The van der Waals surface area contributed by atoms with E-state index >= 15 is 0 Å². The molecule has 0 bridgehead atoms. The van der Waals surface area contributed by atoms with Gasteiger partial charge in [0.25, 0.3) is 5.91 Å². The number of rotatable bonds is 6. The van der Waals surface area contributed by atoms with E-state index in [2.05, 4.69) is 20.8 Å². The summed E-state index contributed by atoms with van der Waals surface area (Å²) in [6.45, 7) is 2.52. The van der Waals surface area contributed by atoms with E-state index in [0.717, 1.165) is 15.8 Å². The fourth-order valence-corrected chi connectivity index (χ4v) is 4.42. The molecule has 2 aromatic carbocycles. The summed E-state index contributed by atoms with van der Waals surface area (Å²) >= 11 is 0. The normalized spacial score (nSPS) is 17.1. The van der Waals surface area contributed by atoms with Crippen LogP contribution in [0.25, 0.3) is 0 Å². The molecule has 192 valence electrons. The molecule has 37 heavy (non-hydrogen) atoms. The third kappa shape index (κ3) is 5.16. The van der Waals surface area contributed by atoms with Crippen LogP contribution >= 0.6 is 0 Å². The zero-order valence-electron chi connectivity index (χ0n) is 20.2. The molecule has 4 aromatic rings. The van der Waals surface area contributed by atoms with Gasteiger partial charge in [0.1, 0.15) is 11.6 Å². The molecule has 0 unspecified atom stereocenters. The molecule has 0 saturated carbocycles. The van der Waals surface area contributed by atoms with Gasteiger partial charge < -0.3 is 15.4 Å². The Hall–Kier alpha value is -4.28. The molecule has 0 spiro atoms. The molecular formula is C26H25F3N6O2. The molecule has 8 nitrogen and oxygen atoms in total. The molecule has 5 rings (SSSR count). The highest BCUT2D eigenvalue weighted by molar-refractivity contribution is 6.02. The first-order chi connectivity index (χ1) is 17.7. The van der Waals surface area contributed by atoms with Crippen LogP contribution in [0.15, 0.2) is 66.9 Å². The summed E-state index contributed by atoms with van der Waals surface area (Å²) in [7, 11) is 1.50. The number of aromatic nitrogens is 4. The maximum Gasteiger partial charge on any atom is 0.410 e. The molecule has 1 amide bonds. The van der Waals surface area contributed by atoms with Crippen LogP contribution in [0.3, 0.4) is 0 Å². The predicted molar refractivity (Wildman–Crippen MR) is 132 cm³/mol. The van der Waals surface area contributed by atoms with Crippen molar-refractivity contribution < 1.29 is 22.7 Å². The van der Waals surface area contributed by atoms with Crippen molar-refractivity contribution in [3.63, 3.8) is 0 Å². The lowest BCUT2D eigenvalue weighted by atomic mass is 9.97. The van der Waals surface area contributed by atoms with Crippen LogP contribution in [0, 0.1) is 6.92 Å². The van der Waals surface area contributed by atoms with Crippen molar-refractivity contribution in [1.29, 1.82) is 0 Å². The standard InChI is InChI=1S/C26H25F3N6O2/c1-16-6-3-4-7-18(16)15-34-11-10-23(33-34)31-25(36)21-14-24-30-20(17-8-5-9-19(12-17)37-2)13-22(26(27,28)29)35(24)32-21/h3-12,14,20,22,30H,13,15H2,1-2H3,(H,31,33,36)/t20-,22+/m1/s1. The number of nitrogens with one attached hydrogen (secondary N) is 2. The average molecular weight is 511 g/mol. The molecule has 2 atom stereocenters. The lowest BCUT2D eigenvalue weighted by molar-refractivity contribution is -0.173. The molecule has 1 aliphatic rings. The number of alkyl halides is 3. The number of anilines is 2. The van der Waals surface area contributed by atoms with Crippen LogP contribution in [0.4, 0.5) is 24.8 Å². The molecule has 1 aliphatic heterocycles. The number of aryl methyl sites for hydroxylation is 1. The Kier molecular flexibility index (Phi) is 6.36. The minimum Gasteiger partial charge on any atom is -0.497 e. The van der Waals surface area contributed by atoms with E-state index in [1.807, 2.05) is 31.2 Å². The Bertz CT molecular complexity index is 1430. The molecule has 3 heterocycles. The van der Waals surface area contributed by atoms with Crippen LogP contribution < -0.4 is 15.4 Å². The van der Waals surface area contributed by atoms with Crippen molar-refractivity contribution in [3.05, 3.63) is 89.2 Å². The van der Waals surface area contributed by atoms with Crippen molar-refractivity contribution in [2.24, 2.45) is 0 Å². The summed E-state index contributed by atoms with van der Waals surface area (Å²) in [6, 6.07) is 15.2. The van der Waals surface area contributed by atoms with Gasteiger partial charge in [-0.3, -0.25) is 9.48 Å². The van der Waals surface area contributed by atoms with Gasteiger partial charge in [0.15, 0.2) is 17.6 Å². The Balaban J connectivity index is 1.35. The zero-order chi connectivity index (χ0) is 26.2. The Morgan fingerprint density at radius 2 is 1.95 bits per heavy atom. The van der Waals surface area contributed by atoms with Gasteiger partial charge in [-0.25, -0.2) is 4.68 Å². The Morgan fingerprint density at radius 1 is 1.14 bits per heavy atom. The van der Waals surface area contributed by atoms with E-state index in [4.69, 9.17) is 4.74 Å². The molecule has 0 saturated heterocycles. The number of amides is 1. The fourth-order valence-electron chi connectivity index (χ4n) is 4.42. The lowest BCUT2D eigenvalue weighted by Gasteiger charge is -2.33. The molecule has 0 fully saturated rings. The quantitative estimate of drug-likeness (QED) is 0.365. The summed E-state index contributed by atoms with van der Waals surface area (Å²) in [5.41, 5.74) is 2.70. The first-order valence-electron chi connectivity index (χ1n) is 11.7. The number of nitrogens with zero attached hydrogens (tertiary/aromatic N) is 4. The molecule has 11 heteroatoms. The van der Waals surface area contributed by atoms with Gasteiger partial charge in [-0.05, 0) is 35.7 Å². The number of ether oxygens (including phenoxy) is 1. The van der Waals surface area contributed by atoms with Crippen LogP contribution in [0.2, 0.25) is 0 Å². The Morgan fingerprint density at radius 3 is 2.70 bits per heavy atom. The zero-order valence-corrected chi connectivity index (χ0v) is 20.2. The number of methoxy groups -OCH3 is 1. The highest BCUT2D eigenvalue weighted by atomic mass is 19.4. The summed E-state index contributed by atoms with van der Waals surface area (Å²) in [5.74, 6) is 0.281. The van der Waals surface area contributed by atoms with Crippen molar-refractivity contribution in [1.82, 2.24) is 19.6 Å². The Labute approximate surface area is 211 Å². The molecular weight excluding hydrogens is 485 g/mol. The van der Waals surface area contributed by atoms with Crippen molar-refractivity contribution >= 4 is 17.5 Å². The SMILES string of the molecule is COc1cccc([C@H]2C[C@@H](C(F)(F)F)n3nc(C(=O)Nc4ccn(Cc5ccccc5C)n4)cc3N2)c1. The van der Waals surface area contributed by atoms with Crippen LogP contribution in [0.1, 0.15) is 45.7 Å². The van der Waals surface area contributed by atoms with E-state index in [9.17, 15) is 18.0 Å². The number of carbonyl (C=O) groups excluding carboxylic acids is 1. The monoisotopic (exact) mass is 510 g/mol. The third-order valence-electron chi connectivity index (χ3n) is 6.39.